The van der Waals surface area contributed by atoms with E-state index in [1.165, 1.54) is 11.3 Å². The molecule has 3 aliphatic rings. The number of alkyl halides is 1. The molecule has 3 atom stereocenters. The highest BCUT2D eigenvalue weighted by Gasteiger charge is 2.40. The zero-order valence-corrected chi connectivity index (χ0v) is 21.2. The second kappa shape index (κ2) is 10.2. The normalized spacial score (nSPS) is 22.6. The van der Waals surface area contributed by atoms with Gasteiger partial charge in [-0.05, 0) is 46.5 Å². The van der Waals surface area contributed by atoms with Crippen LogP contribution in [0.4, 0.5) is 10.1 Å². The van der Waals surface area contributed by atoms with Crippen LogP contribution in [0.1, 0.15) is 53.1 Å². The zero-order valence-electron chi connectivity index (χ0n) is 18.8. The van der Waals surface area contributed by atoms with Gasteiger partial charge >= 0.3 is 0 Å². The molecule has 2 aliphatic carbocycles. The topological polar surface area (TPSA) is 83.6 Å². The van der Waals surface area contributed by atoms with Crippen molar-refractivity contribution < 1.29 is 18.7 Å². The van der Waals surface area contributed by atoms with Gasteiger partial charge in [0.15, 0.2) is 0 Å². The van der Waals surface area contributed by atoms with Crippen LogP contribution in [0, 0.1) is 5.92 Å². The predicted molar refractivity (Wildman–Crippen MR) is 132 cm³/mol. The fourth-order valence-corrected chi connectivity index (χ4v) is 5.95. The van der Waals surface area contributed by atoms with Crippen molar-refractivity contribution in [3.05, 3.63) is 38.6 Å². The summed E-state index contributed by atoms with van der Waals surface area (Å²) in [6.45, 7) is 1.92. The van der Waals surface area contributed by atoms with Crippen molar-refractivity contribution >= 4 is 44.8 Å². The smallest absolute Gasteiger partial charge is 0.262 e. The van der Waals surface area contributed by atoms with E-state index in [9.17, 15) is 14.0 Å². The maximum atomic E-state index is 13.3. The lowest BCUT2D eigenvalue weighted by molar-refractivity contribution is -0.123. The molecule has 34 heavy (non-hydrogen) atoms. The number of ether oxygens (including phenoxy) is 1. The number of hydrogen-bond donors (Lipinski definition) is 2. The Bertz CT molecular complexity index is 1060. The number of nitrogens with one attached hydrogen (secondary N) is 2. The lowest BCUT2D eigenvalue weighted by Crippen LogP contribution is -2.48. The lowest BCUT2D eigenvalue weighted by Gasteiger charge is -2.30. The minimum Gasteiger partial charge on any atom is -0.474 e. The van der Waals surface area contributed by atoms with E-state index in [0.29, 0.717) is 42.7 Å². The average Bonchev–Trinajstić information content (AvgIpc) is 3.21. The number of carbonyl (C=O) groups is 2. The van der Waals surface area contributed by atoms with Gasteiger partial charge in [0, 0.05) is 22.0 Å². The summed E-state index contributed by atoms with van der Waals surface area (Å²) in [7, 11) is 0. The molecular weight excluding hydrogens is 523 g/mol. The van der Waals surface area contributed by atoms with E-state index in [0.717, 1.165) is 47.3 Å². The van der Waals surface area contributed by atoms with Crippen LogP contribution in [-0.4, -0.2) is 48.2 Å². The summed E-state index contributed by atoms with van der Waals surface area (Å²) < 4.78 is 19.9. The number of nitrogens with zero attached hydrogens (tertiary/aromatic N) is 2. The minimum absolute atomic E-state index is 0.256. The fraction of sp³-hybridized carbons (Fsp3) is 0.542. The van der Waals surface area contributed by atoms with E-state index in [1.807, 2.05) is 12.1 Å². The summed E-state index contributed by atoms with van der Waals surface area (Å²) in [4.78, 5) is 33.9. The fourth-order valence-electron chi connectivity index (χ4n) is 4.70. The van der Waals surface area contributed by atoms with Crippen molar-refractivity contribution in [2.45, 2.75) is 63.3 Å². The van der Waals surface area contributed by atoms with E-state index in [2.05, 4.69) is 36.4 Å². The molecule has 3 heterocycles. The number of carbonyl (C=O) groups excluding carboxylic acids is 2. The Balaban J connectivity index is 1.24. The maximum absolute atomic E-state index is 13.3. The number of thiophene rings is 1. The summed E-state index contributed by atoms with van der Waals surface area (Å²) in [5.74, 6) is 0.500. The Labute approximate surface area is 210 Å². The second-order valence-corrected chi connectivity index (χ2v) is 11.4. The van der Waals surface area contributed by atoms with Gasteiger partial charge < -0.3 is 20.3 Å². The molecule has 7 nitrogen and oxygen atoms in total. The number of halogens is 2. The van der Waals surface area contributed by atoms with Gasteiger partial charge in [0.05, 0.1) is 24.0 Å². The first-order valence-electron chi connectivity index (χ1n) is 11.8. The summed E-state index contributed by atoms with van der Waals surface area (Å²) in [5.41, 5.74) is 0.916. The van der Waals surface area contributed by atoms with Gasteiger partial charge in [0.2, 0.25) is 11.8 Å². The zero-order chi connectivity index (χ0) is 23.7. The first kappa shape index (κ1) is 23.5. The Morgan fingerprint density at radius 3 is 2.88 bits per heavy atom. The van der Waals surface area contributed by atoms with Crippen molar-refractivity contribution in [1.82, 2.24) is 15.6 Å². The number of fused-ring (bicyclic) bond motifs is 1. The summed E-state index contributed by atoms with van der Waals surface area (Å²) in [6, 6.07) is 4.69. The molecular formula is C24H28BrFN4O3S. The minimum atomic E-state index is -0.965. The van der Waals surface area contributed by atoms with Crippen LogP contribution >= 0.6 is 27.3 Å². The molecule has 182 valence electrons. The highest BCUT2D eigenvalue weighted by molar-refractivity contribution is 9.10. The molecule has 0 unspecified atom stereocenters. The number of amides is 2. The Morgan fingerprint density at radius 1 is 1.32 bits per heavy atom. The third-order valence-electron chi connectivity index (χ3n) is 6.68. The predicted octanol–water partition coefficient (Wildman–Crippen LogP) is 4.21. The molecule has 2 aromatic heterocycles. The number of rotatable bonds is 8. The highest BCUT2D eigenvalue weighted by Crippen LogP contribution is 2.34. The van der Waals surface area contributed by atoms with E-state index in [-0.39, 0.29) is 11.8 Å². The number of anilines is 1. The molecule has 0 saturated heterocycles. The Hall–Kier alpha value is -2.20. The van der Waals surface area contributed by atoms with Crippen LogP contribution in [0.15, 0.2) is 28.9 Å². The SMILES string of the molecule is O=C(N[C@@H](CC1CCCC1)C(=O)N[C@H]1C[C@H]1F)c1ccc(CN2CCOc3ncc(Br)cc32)s1. The van der Waals surface area contributed by atoms with Crippen molar-refractivity contribution in [2.24, 2.45) is 5.92 Å². The van der Waals surface area contributed by atoms with Gasteiger partial charge in [-0.2, -0.15) is 0 Å². The molecule has 5 rings (SSSR count). The summed E-state index contributed by atoms with van der Waals surface area (Å²) in [5, 5.41) is 5.69. The third kappa shape index (κ3) is 5.54. The monoisotopic (exact) mass is 550 g/mol. The van der Waals surface area contributed by atoms with Crippen molar-refractivity contribution in [3.63, 3.8) is 0 Å². The molecule has 2 N–H and O–H groups in total. The average molecular weight is 551 g/mol. The van der Waals surface area contributed by atoms with Crippen LogP contribution in [-0.2, 0) is 11.3 Å². The van der Waals surface area contributed by atoms with Crippen molar-refractivity contribution in [2.75, 3.05) is 18.1 Å². The first-order valence-corrected chi connectivity index (χ1v) is 13.4. The van der Waals surface area contributed by atoms with Gasteiger partial charge in [-0.15, -0.1) is 11.3 Å². The number of pyridine rings is 1. The third-order valence-corrected chi connectivity index (χ3v) is 8.18. The maximum Gasteiger partial charge on any atom is 0.262 e. The van der Waals surface area contributed by atoms with Crippen molar-refractivity contribution in [3.8, 4) is 5.88 Å². The number of aromatic nitrogens is 1. The van der Waals surface area contributed by atoms with Crippen LogP contribution in [0.2, 0.25) is 0 Å². The second-order valence-electron chi connectivity index (χ2n) is 9.29. The quantitative estimate of drug-likeness (QED) is 0.514. The van der Waals surface area contributed by atoms with Gasteiger partial charge in [-0.1, -0.05) is 25.7 Å². The van der Waals surface area contributed by atoms with Crippen LogP contribution in [0.25, 0.3) is 0 Å². The molecule has 2 fully saturated rings. The molecule has 10 heteroatoms. The standard InChI is InChI=1S/C24H28BrFN4O3S/c25-15-10-20-24(27-12-15)33-8-7-30(20)13-16-5-6-21(34-16)23(32)29-19(9-14-3-1-2-4-14)22(31)28-18-11-17(18)26/h5-6,10,12,14,17-19H,1-4,7-9,11,13H2,(H,28,31)(H,29,32)/t17-,18+,19+/m1/s1. The first-order chi connectivity index (χ1) is 16.5. The highest BCUT2D eigenvalue weighted by atomic mass is 79.9. The summed E-state index contributed by atoms with van der Waals surface area (Å²) >= 11 is 4.88. The van der Waals surface area contributed by atoms with E-state index in [4.69, 9.17) is 4.74 Å². The van der Waals surface area contributed by atoms with E-state index >= 15 is 0 Å². The Morgan fingerprint density at radius 2 is 2.12 bits per heavy atom. The van der Waals surface area contributed by atoms with Crippen LogP contribution in [0.5, 0.6) is 5.88 Å². The van der Waals surface area contributed by atoms with Crippen LogP contribution in [0.3, 0.4) is 0 Å². The Kier molecular flexibility index (Phi) is 7.06. The van der Waals surface area contributed by atoms with Gasteiger partial charge in [-0.25, -0.2) is 9.37 Å². The van der Waals surface area contributed by atoms with Gasteiger partial charge in [0.1, 0.15) is 24.5 Å². The van der Waals surface area contributed by atoms with E-state index in [1.54, 1.807) is 12.3 Å². The lowest BCUT2D eigenvalue weighted by atomic mass is 9.97. The van der Waals surface area contributed by atoms with E-state index < -0.39 is 18.3 Å². The van der Waals surface area contributed by atoms with Gasteiger partial charge in [0.25, 0.3) is 5.91 Å². The molecule has 2 saturated carbocycles. The molecule has 0 radical (unpaired) electrons. The molecule has 1 aliphatic heterocycles. The molecule has 2 aromatic rings. The number of hydrogen-bond acceptors (Lipinski definition) is 6. The summed E-state index contributed by atoms with van der Waals surface area (Å²) in [6.07, 6.45) is 6.18. The van der Waals surface area contributed by atoms with Gasteiger partial charge in [-0.3, -0.25) is 9.59 Å². The van der Waals surface area contributed by atoms with Crippen LogP contribution < -0.4 is 20.3 Å². The molecule has 2 amide bonds. The largest absolute Gasteiger partial charge is 0.474 e. The molecule has 0 spiro atoms. The molecule has 0 bridgehead atoms. The molecule has 0 aromatic carbocycles. The van der Waals surface area contributed by atoms with Crippen molar-refractivity contribution in [1.29, 1.82) is 0 Å².